The molecule has 4 rings (SSSR count). The van der Waals surface area contributed by atoms with Gasteiger partial charge in [-0.1, -0.05) is 42.5 Å². The molecule has 3 aromatic rings. The van der Waals surface area contributed by atoms with Crippen molar-refractivity contribution >= 4 is 11.8 Å². The van der Waals surface area contributed by atoms with Gasteiger partial charge in [-0.25, -0.2) is 0 Å². The average Bonchev–Trinajstić information content (AvgIpc) is 2.84. The molecule has 7 nitrogen and oxygen atoms in total. The largest absolute Gasteiger partial charge is 0.484 e. The van der Waals surface area contributed by atoms with E-state index in [1.54, 1.807) is 29.4 Å². The number of para-hydroxylation sites is 1. The van der Waals surface area contributed by atoms with Crippen molar-refractivity contribution in [2.75, 3.05) is 26.3 Å². The fourth-order valence-corrected chi connectivity index (χ4v) is 3.83. The van der Waals surface area contributed by atoms with Crippen molar-refractivity contribution in [2.45, 2.75) is 12.0 Å². The van der Waals surface area contributed by atoms with Crippen molar-refractivity contribution < 1.29 is 19.1 Å². The van der Waals surface area contributed by atoms with Gasteiger partial charge in [0, 0.05) is 25.4 Å². The lowest BCUT2D eigenvalue weighted by atomic mass is 9.90. The van der Waals surface area contributed by atoms with Crippen molar-refractivity contribution in [3.63, 3.8) is 0 Å². The summed E-state index contributed by atoms with van der Waals surface area (Å²) in [4.78, 5) is 30.9. The number of primary amides is 1. The number of hydrogen-bond acceptors (Lipinski definition) is 5. The molecule has 164 valence electrons. The Balaban J connectivity index is 1.48. The van der Waals surface area contributed by atoms with E-state index in [0.29, 0.717) is 12.3 Å². The van der Waals surface area contributed by atoms with Crippen LogP contribution in [0.1, 0.15) is 5.56 Å². The summed E-state index contributed by atoms with van der Waals surface area (Å²) in [5.41, 5.74) is 7.41. The molecule has 1 saturated heterocycles. The molecule has 0 saturated carbocycles. The van der Waals surface area contributed by atoms with Gasteiger partial charge in [0.05, 0.1) is 13.2 Å². The maximum absolute atomic E-state index is 12.8. The molecule has 0 radical (unpaired) electrons. The van der Waals surface area contributed by atoms with E-state index in [9.17, 15) is 9.59 Å². The third kappa shape index (κ3) is 4.95. The zero-order valence-electron chi connectivity index (χ0n) is 17.6. The van der Waals surface area contributed by atoms with E-state index in [1.807, 2.05) is 54.6 Å². The van der Waals surface area contributed by atoms with Crippen molar-refractivity contribution in [3.8, 4) is 16.9 Å². The molecule has 1 aromatic heterocycles. The SMILES string of the molecule is NC(=O)C1(Cc2cccc(-c3ccncc3)c2)CN(C(=O)COc2ccccc2)CCO1. The minimum atomic E-state index is -1.29. The van der Waals surface area contributed by atoms with E-state index in [4.69, 9.17) is 15.2 Å². The van der Waals surface area contributed by atoms with Gasteiger partial charge < -0.3 is 20.1 Å². The fraction of sp³-hybridized carbons (Fsp3) is 0.240. The molecule has 1 fully saturated rings. The van der Waals surface area contributed by atoms with E-state index < -0.39 is 11.5 Å². The molecule has 7 heteroatoms. The monoisotopic (exact) mass is 431 g/mol. The topological polar surface area (TPSA) is 94.8 Å². The highest BCUT2D eigenvalue weighted by molar-refractivity contribution is 5.86. The number of morpholine rings is 1. The zero-order chi connectivity index (χ0) is 22.4. The number of ether oxygens (including phenoxy) is 2. The number of aromatic nitrogens is 1. The maximum Gasteiger partial charge on any atom is 0.260 e. The summed E-state index contributed by atoms with van der Waals surface area (Å²) in [6.45, 7) is 0.572. The Morgan fingerprint density at radius 1 is 1.03 bits per heavy atom. The van der Waals surface area contributed by atoms with E-state index in [0.717, 1.165) is 16.7 Å². The van der Waals surface area contributed by atoms with E-state index in [1.165, 1.54) is 0 Å². The molecule has 32 heavy (non-hydrogen) atoms. The summed E-state index contributed by atoms with van der Waals surface area (Å²) < 4.78 is 11.5. The summed E-state index contributed by atoms with van der Waals surface area (Å²) in [5, 5.41) is 0. The second kappa shape index (κ2) is 9.62. The minimum absolute atomic E-state index is 0.0821. The Morgan fingerprint density at radius 2 is 1.81 bits per heavy atom. The lowest BCUT2D eigenvalue weighted by Crippen LogP contribution is -2.61. The molecule has 0 aliphatic carbocycles. The Bertz CT molecular complexity index is 1070. The third-order valence-electron chi connectivity index (χ3n) is 5.52. The van der Waals surface area contributed by atoms with Crippen molar-refractivity contribution in [1.29, 1.82) is 0 Å². The first kappa shape index (κ1) is 21.5. The number of nitrogens with two attached hydrogens (primary N) is 1. The van der Waals surface area contributed by atoms with Crippen LogP contribution in [0.15, 0.2) is 79.1 Å². The van der Waals surface area contributed by atoms with Crippen molar-refractivity contribution in [1.82, 2.24) is 9.88 Å². The molecule has 2 heterocycles. The average molecular weight is 431 g/mol. The van der Waals surface area contributed by atoms with Gasteiger partial charge in [-0.15, -0.1) is 0 Å². The molecule has 1 aliphatic rings. The van der Waals surface area contributed by atoms with Gasteiger partial charge in [0.25, 0.3) is 11.8 Å². The van der Waals surface area contributed by atoms with E-state index in [-0.39, 0.29) is 32.1 Å². The molecule has 0 spiro atoms. The van der Waals surface area contributed by atoms with Crippen LogP contribution in [0.5, 0.6) is 5.75 Å². The second-order valence-electron chi connectivity index (χ2n) is 7.74. The Labute approximate surface area is 186 Å². The van der Waals surface area contributed by atoms with Crippen LogP contribution in [0.3, 0.4) is 0 Å². The first-order chi connectivity index (χ1) is 15.6. The van der Waals surface area contributed by atoms with Gasteiger partial charge in [-0.3, -0.25) is 14.6 Å². The Morgan fingerprint density at radius 3 is 2.56 bits per heavy atom. The number of carbonyl (C=O) groups is 2. The lowest BCUT2D eigenvalue weighted by molar-refractivity contribution is -0.164. The second-order valence-corrected chi connectivity index (χ2v) is 7.74. The van der Waals surface area contributed by atoms with Crippen LogP contribution in [-0.2, 0) is 20.7 Å². The van der Waals surface area contributed by atoms with Crippen LogP contribution in [0, 0.1) is 0 Å². The lowest BCUT2D eigenvalue weighted by Gasteiger charge is -2.40. The highest BCUT2D eigenvalue weighted by Gasteiger charge is 2.43. The summed E-state index contributed by atoms with van der Waals surface area (Å²) >= 11 is 0. The van der Waals surface area contributed by atoms with Crippen molar-refractivity contribution in [3.05, 3.63) is 84.7 Å². The predicted octanol–water partition coefficient (Wildman–Crippen LogP) is 2.45. The fourth-order valence-electron chi connectivity index (χ4n) is 3.83. The molecule has 1 unspecified atom stereocenters. The first-order valence-corrected chi connectivity index (χ1v) is 10.4. The van der Waals surface area contributed by atoms with Gasteiger partial charge in [0.15, 0.2) is 12.2 Å². The van der Waals surface area contributed by atoms with Gasteiger partial charge in [-0.2, -0.15) is 0 Å². The highest BCUT2D eigenvalue weighted by Crippen LogP contribution is 2.26. The van der Waals surface area contributed by atoms with Crippen LogP contribution in [0.25, 0.3) is 11.1 Å². The summed E-state index contributed by atoms with van der Waals surface area (Å²) in [5.74, 6) is -0.190. The Hall–Kier alpha value is -3.71. The number of rotatable bonds is 7. The maximum atomic E-state index is 12.8. The number of nitrogens with zero attached hydrogens (tertiary/aromatic N) is 2. The van der Waals surface area contributed by atoms with Crippen LogP contribution in [-0.4, -0.2) is 53.6 Å². The molecule has 1 aliphatic heterocycles. The van der Waals surface area contributed by atoms with Crippen LogP contribution < -0.4 is 10.5 Å². The minimum Gasteiger partial charge on any atom is -0.484 e. The van der Waals surface area contributed by atoms with Crippen LogP contribution in [0.4, 0.5) is 0 Å². The van der Waals surface area contributed by atoms with Crippen LogP contribution in [0.2, 0.25) is 0 Å². The molecule has 1 atom stereocenters. The van der Waals surface area contributed by atoms with Crippen LogP contribution >= 0.6 is 0 Å². The van der Waals surface area contributed by atoms with E-state index >= 15 is 0 Å². The quantitative estimate of drug-likeness (QED) is 0.620. The molecule has 2 N–H and O–H groups in total. The smallest absolute Gasteiger partial charge is 0.260 e. The van der Waals surface area contributed by atoms with Crippen molar-refractivity contribution in [2.24, 2.45) is 5.73 Å². The predicted molar refractivity (Wildman–Crippen MR) is 120 cm³/mol. The number of hydrogen-bond donors (Lipinski definition) is 1. The molecule has 2 aromatic carbocycles. The van der Waals surface area contributed by atoms with E-state index in [2.05, 4.69) is 4.98 Å². The third-order valence-corrected chi connectivity index (χ3v) is 5.52. The molecule has 0 bridgehead atoms. The summed E-state index contributed by atoms with van der Waals surface area (Å²) in [6, 6.07) is 20.8. The van der Waals surface area contributed by atoms with Gasteiger partial charge in [0.1, 0.15) is 5.75 Å². The normalized spacial score (nSPS) is 18.2. The summed E-state index contributed by atoms with van der Waals surface area (Å²) in [7, 11) is 0. The molecule has 2 amide bonds. The number of benzene rings is 2. The number of pyridine rings is 1. The number of carbonyl (C=O) groups excluding carboxylic acids is 2. The standard InChI is InChI=1S/C25H25N3O4/c26-24(30)25(16-19-5-4-6-21(15-19)20-9-11-27-12-10-20)18-28(13-14-32-25)23(29)17-31-22-7-2-1-3-8-22/h1-12,15H,13-14,16-18H2,(H2,26,30). The molecular formula is C25H25N3O4. The first-order valence-electron chi connectivity index (χ1n) is 10.4. The van der Waals surface area contributed by atoms with Gasteiger partial charge in [-0.05, 0) is 41.0 Å². The van der Waals surface area contributed by atoms with Gasteiger partial charge >= 0.3 is 0 Å². The summed E-state index contributed by atoms with van der Waals surface area (Å²) in [6.07, 6.45) is 3.74. The molecular weight excluding hydrogens is 406 g/mol. The number of amides is 2. The zero-order valence-corrected chi connectivity index (χ0v) is 17.6. The Kier molecular flexibility index (Phi) is 6.47. The highest BCUT2D eigenvalue weighted by atomic mass is 16.5. The van der Waals surface area contributed by atoms with Gasteiger partial charge in [0.2, 0.25) is 0 Å².